The molecule has 0 bridgehead atoms. The first-order valence-electron chi connectivity index (χ1n) is 9.37. The van der Waals surface area contributed by atoms with Gasteiger partial charge in [0.25, 0.3) is 0 Å². The quantitative estimate of drug-likeness (QED) is 0.379. The highest BCUT2D eigenvalue weighted by Crippen LogP contribution is 2.41. The van der Waals surface area contributed by atoms with Crippen LogP contribution in [0.25, 0.3) is 5.57 Å². The second kappa shape index (κ2) is 9.87. The van der Waals surface area contributed by atoms with Crippen LogP contribution in [0.1, 0.15) is 42.9 Å². The molecular weight excluding hydrogens is 368 g/mol. The smallest absolute Gasteiger partial charge is 0.161 e. The van der Waals surface area contributed by atoms with Gasteiger partial charge in [-0.2, -0.15) is 5.10 Å². The van der Waals surface area contributed by atoms with Gasteiger partial charge in [-0.05, 0) is 59.9 Å². The van der Waals surface area contributed by atoms with Crippen molar-refractivity contribution in [2.75, 3.05) is 28.4 Å². The minimum atomic E-state index is 0.0201. The Kier molecular flexibility index (Phi) is 7.53. The largest absolute Gasteiger partial charge is 0.493 e. The van der Waals surface area contributed by atoms with Crippen LogP contribution in [0.15, 0.2) is 42.0 Å². The maximum atomic E-state index is 5.60. The summed E-state index contributed by atoms with van der Waals surface area (Å²) < 4.78 is 21.9. The topological polar surface area (TPSA) is 75.3 Å². The zero-order valence-corrected chi connectivity index (χ0v) is 18.0. The second-order valence-corrected chi connectivity index (χ2v) is 6.57. The lowest BCUT2D eigenvalue weighted by molar-refractivity contribution is 0.354. The Morgan fingerprint density at radius 3 is 2.00 bits per heavy atom. The van der Waals surface area contributed by atoms with Gasteiger partial charge < -0.3 is 24.8 Å². The van der Waals surface area contributed by atoms with Crippen LogP contribution in [0, 0.1) is 0 Å². The van der Waals surface area contributed by atoms with Crippen LogP contribution in [0.5, 0.6) is 23.0 Å². The average Bonchev–Trinajstić information content (AvgIpc) is 2.77. The van der Waals surface area contributed by atoms with Gasteiger partial charge in [-0.25, -0.2) is 0 Å². The molecule has 0 saturated carbocycles. The summed E-state index contributed by atoms with van der Waals surface area (Å²) in [5, 5.41) is 3.94. The Morgan fingerprint density at radius 1 is 0.931 bits per heavy atom. The summed E-state index contributed by atoms with van der Waals surface area (Å²) in [6, 6.07) is 9.65. The molecule has 2 rings (SSSR count). The molecule has 0 aliphatic carbocycles. The third-order valence-corrected chi connectivity index (χ3v) is 5.10. The van der Waals surface area contributed by atoms with E-state index < -0.39 is 0 Å². The zero-order chi connectivity index (χ0) is 21.6. The van der Waals surface area contributed by atoms with Gasteiger partial charge in [0.15, 0.2) is 23.0 Å². The standard InChI is InChI=1S/C23H30N2O4/c1-8-17(15(3)25-24)19-13-23(29-7)22(28-6)12-18(19)14(2)16-9-10-20(26-4)21(11-16)27-5/h9-13,17H,2,8,24H2,1,3-7H3/b25-15+/t17-/m0/s1. The van der Waals surface area contributed by atoms with E-state index in [1.807, 2.05) is 37.3 Å². The summed E-state index contributed by atoms with van der Waals surface area (Å²) in [6.07, 6.45) is 0.828. The molecule has 0 aromatic heterocycles. The molecule has 2 aromatic carbocycles. The predicted molar refractivity (Wildman–Crippen MR) is 118 cm³/mol. The highest BCUT2D eigenvalue weighted by Gasteiger charge is 2.22. The molecule has 1 atom stereocenters. The monoisotopic (exact) mass is 398 g/mol. The van der Waals surface area contributed by atoms with Crippen LogP contribution in [-0.2, 0) is 0 Å². The SMILES string of the molecule is C=C(c1ccc(OC)c(OC)c1)c1cc(OC)c(OC)cc1[C@@H](CC)/C(C)=N/N. The number of nitrogens with zero attached hydrogens (tertiary/aromatic N) is 1. The molecule has 6 nitrogen and oxygen atoms in total. The fourth-order valence-electron chi connectivity index (χ4n) is 3.45. The van der Waals surface area contributed by atoms with E-state index in [0.29, 0.717) is 23.0 Å². The number of hydrogen-bond acceptors (Lipinski definition) is 6. The summed E-state index contributed by atoms with van der Waals surface area (Å²) >= 11 is 0. The molecule has 29 heavy (non-hydrogen) atoms. The first-order chi connectivity index (χ1) is 13.9. The Labute approximate surface area is 172 Å². The molecule has 0 spiro atoms. The van der Waals surface area contributed by atoms with Gasteiger partial charge >= 0.3 is 0 Å². The zero-order valence-electron chi connectivity index (χ0n) is 18.0. The maximum Gasteiger partial charge on any atom is 0.161 e. The van der Waals surface area contributed by atoms with E-state index in [1.165, 1.54) is 0 Å². The van der Waals surface area contributed by atoms with Gasteiger partial charge in [0.1, 0.15) is 0 Å². The number of rotatable bonds is 9. The van der Waals surface area contributed by atoms with Crippen molar-refractivity contribution in [2.45, 2.75) is 26.2 Å². The number of hydrogen-bond donors (Lipinski definition) is 1. The minimum absolute atomic E-state index is 0.0201. The third kappa shape index (κ3) is 4.47. The molecule has 0 heterocycles. The van der Waals surface area contributed by atoms with E-state index in [2.05, 4.69) is 18.6 Å². The predicted octanol–water partition coefficient (Wildman–Crippen LogP) is 4.61. The number of hydrazone groups is 1. The van der Waals surface area contributed by atoms with Crippen LogP contribution in [0.4, 0.5) is 0 Å². The fourth-order valence-corrected chi connectivity index (χ4v) is 3.45. The average molecular weight is 399 g/mol. The second-order valence-electron chi connectivity index (χ2n) is 6.57. The van der Waals surface area contributed by atoms with E-state index in [9.17, 15) is 0 Å². The summed E-state index contributed by atoms with van der Waals surface area (Å²) in [5.41, 5.74) is 4.53. The normalized spacial score (nSPS) is 12.3. The van der Waals surface area contributed by atoms with E-state index >= 15 is 0 Å². The van der Waals surface area contributed by atoms with Crippen LogP contribution in [0.2, 0.25) is 0 Å². The maximum absolute atomic E-state index is 5.60. The summed E-state index contributed by atoms with van der Waals surface area (Å²) in [7, 11) is 6.46. The Bertz CT molecular complexity index is 906. The number of nitrogens with two attached hydrogens (primary N) is 1. The molecule has 2 N–H and O–H groups in total. The van der Waals surface area contributed by atoms with Crippen molar-refractivity contribution in [1.29, 1.82) is 0 Å². The van der Waals surface area contributed by atoms with E-state index in [0.717, 1.165) is 34.4 Å². The molecule has 6 heteroatoms. The molecule has 0 saturated heterocycles. The van der Waals surface area contributed by atoms with Gasteiger partial charge in [-0.3, -0.25) is 0 Å². The molecule has 0 unspecified atom stereocenters. The van der Waals surface area contributed by atoms with E-state index in [4.69, 9.17) is 24.8 Å². The minimum Gasteiger partial charge on any atom is -0.493 e. The van der Waals surface area contributed by atoms with Crippen molar-refractivity contribution in [1.82, 2.24) is 0 Å². The third-order valence-electron chi connectivity index (χ3n) is 5.10. The molecular formula is C23H30N2O4. The van der Waals surface area contributed by atoms with Gasteiger partial charge in [0.05, 0.1) is 28.4 Å². The Hall–Kier alpha value is -3.15. The van der Waals surface area contributed by atoms with Crippen LogP contribution >= 0.6 is 0 Å². The summed E-state index contributed by atoms with van der Waals surface area (Å²) in [4.78, 5) is 0. The molecule has 2 aromatic rings. The van der Waals surface area contributed by atoms with Gasteiger partial charge in [-0.15, -0.1) is 0 Å². The van der Waals surface area contributed by atoms with Crippen molar-refractivity contribution >= 4 is 11.3 Å². The van der Waals surface area contributed by atoms with E-state index in [-0.39, 0.29) is 5.92 Å². The first kappa shape index (κ1) is 22.1. The van der Waals surface area contributed by atoms with Crippen LogP contribution < -0.4 is 24.8 Å². The van der Waals surface area contributed by atoms with Crippen molar-refractivity contribution in [3.63, 3.8) is 0 Å². The lowest BCUT2D eigenvalue weighted by Crippen LogP contribution is -2.13. The van der Waals surface area contributed by atoms with Crippen LogP contribution in [0.3, 0.4) is 0 Å². The van der Waals surface area contributed by atoms with Crippen LogP contribution in [-0.4, -0.2) is 34.2 Å². The first-order valence-corrected chi connectivity index (χ1v) is 9.37. The van der Waals surface area contributed by atoms with E-state index in [1.54, 1.807) is 28.4 Å². The molecule has 0 aliphatic rings. The Balaban J connectivity index is 2.70. The molecule has 0 fully saturated rings. The summed E-state index contributed by atoms with van der Waals surface area (Å²) in [6.45, 7) is 8.38. The fraction of sp³-hybridized carbons (Fsp3) is 0.348. The van der Waals surface area contributed by atoms with Gasteiger partial charge in [0, 0.05) is 11.6 Å². The van der Waals surface area contributed by atoms with Gasteiger partial charge in [0.2, 0.25) is 0 Å². The number of benzene rings is 2. The number of methoxy groups -OCH3 is 4. The van der Waals surface area contributed by atoms with Crippen molar-refractivity contribution < 1.29 is 18.9 Å². The molecule has 156 valence electrons. The summed E-state index contributed by atoms with van der Waals surface area (Å²) in [5.74, 6) is 8.20. The molecule has 0 aliphatic heterocycles. The van der Waals surface area contributed by atoms with Crippen molar-refractivity contribution in [3.8, 4) is 23.0 Å². The highest BCUT2D eigenvalue weighted by atomic mass is 16.5. The highest BCUT2D eigenvalue weighted by molar-refractivity contribution is 5.92. The lowest BCUT2D eigenvalue weighted by atomic mass is 9.84. The number of ether oxygens (including phenoxy) is 4. The van der Waals surface area contributed by atoms with Gasteiger partial charge in [-0.1, -0.05) is 19.6 Å². The molecule has 0 amide bonds. The van der Waals surface area contributed by atoms with Crippen molar-refractivity contribution in [3.05, 3.63) is 53.6 Å². The molecule has 0 radical (unpaired) electrons. The van der Waals surface area contributed by atoms with Crippen molar-refractivity contribution in [2.24, 2.45) is 10.9 Å². The Morgan fingerprint density at radius 2 is 1.48 bits per heavy atom. The lowest BCUT2D eigenvalue weighted by Gasteiger charge is -2.23.